The summed E-state index contributed by atoms with van der Waals surface area (Å²) in [6.45, 7) is 3.37. The van der Waals surface area contributed by atoms with E-state index in [4.69, 9.17) is 14.2 Å². The summed E-state index contributed by atoms with van der Waals surface area (Å²) in [6.07, 6.45) is 14.5. The van der Waals surface area contributed by atoms with Crippen LogP contribution in [0.15, 0.2) is 48.5 Å². The van der Waals surface area contributed by atoms with Crippen molar-refractivity contribution < 1.29 is 49.6 Å². The maximum atomic E-state index is 13.0. The van der Waals surface area contributed by atoms with Crippen molar-refractivity contribution in [2.45, 2.75) is 210 Å². The molecule has 2 aromatic rings. The van der Waals surface area contributed by atoms with Gasteiger partial charge in [-0.2, -0.15) is 0 Å². The zero-order valence-corrected chi connectivity index (χ0v) is 36.2. The third-order valence-corrected chi connectivity index (χ3v) is 11.6. The Morgan fingerprint density at radius 1 is 0.678 bits per heavy atom. The maximum Gasteiger partial charge on any atom is 0.220 e. The van der Waals surface area contributed by atoms with Gasteiger partial charge in [0, 0.05) is 6.42 Å². The molecule has 336 valence electrons. The summed E-state index contributed by atoms with van der Waals surface area (Å²) < 4.78 is 17.1. The number of aliphatic hydroxyl groups excluding tert-OH is 6. The van der Waals surface area contributed by atoms with Gasteiger partial charge in [-0.3, -0.25) is 4.79 Å². The lowest BCUT2D eigenvalue weighted by Crippen LogP contribution is -2.60. The van der Waals surface area contributed by atoms with Gasteiger partial charge in [-0.15, -0.1) is 0 Å². The molecule has 59 heavy (non-hydrogen) atoms. The maximum absolute atomic E-state index is 13.0. The molecule has 0 aliphatic carbocycles. The number of rotatable bonds is 33. The van der Waals surface area contributed by atoms with Crippen molar-refractivity contribution in [3.63, 3.8) is 0 Å². The van der Waals surface area contributed by atoms with Gasteiger partial charge in [-0.05, 0) is 62.4 Å². The fraction of sp³-hybridized carbons (Fsp3) is 0.729. The first-order chi connectivity index (χ1) is 28.6. The number of amides is 1. The first-order valence-electron chi connectivity index (χ1n) is 23.0. The van der Waals surface area contributed by atoms with E-state index in [1.54, 1.807) is 0 Å². The molecule has 0 saturated carbocycles. The second-order valence-corrected chi connectivity index (χ2v) is 16.8. The lowest BCUT2D eigenvalue weighted by atomic mass is 9.98. The van der Waals surface area contributed by atoms with Gasteiger partial charge in [-0.1, -0.05) is 152 Å². The minimum absolute atomic E-state index is 0.257. The van der Waals surface area contributed by atoms with E-state index in [-0.39, 0.29) is 18.9 Å². The van der Waals surface area contributed by atoms with Gasteiger partial charge in [0.15, 0.2) is 6.29 Å². The summed E-state index contributed by atoms with van der Waals surface area (Å²) in [5.74, 6) is 1.40. The molecule has 3 rings (SSSR count). The van der Waals surface area contributed by atoms with Crippen LogP contribution in [0.25, 0.3) is 0 Å². The third-order valence-electron chi connectivity index (χ3n) is 11.6. The molecule has 2 aromatic carbocycles. The number of hydrogen-bond donors (Lipinski definition) is 7. The molecule has 0 aromatic heterocycles. The fourth-order valence-electron chi connectivity index (χ4n) is 7.68. The van der Waals surface area contributed by atoms with E-state index in [1.807, 2.05) is 36.4 Å². The fourth-order valence-corrected chi connectivity index (χ4v) is 7.68. The third kappa shape index (κ3) is 20.7. The molecular weight excluding hydrogens is 751 g/mol. The van der Waals surface area contributed by atoms with E-state index in [1.165, 1.54) is 75.3 Å². The molecule has 0 spiro atoms. The highest BCUT2D eigenvalue weighted by Crippen LogP contribution is 2.25. The SMILES string of the molecule is CCCCCCCCCCCCCC[C@@H](O)[C@@H](O)[C@H](CO[C@H]1OC(CO)[C@H](O)C(O)[C@@H]1O)NC(=O)CCCCCCCCCCc1ccc(Oc2ccc(C)cc2)cc1. The number of ether oxygens (including phenoxy) is 3. The number of carbonyl (C=O) groups excluding carboxylic acids is 1. The van der Waals surface area contributed by atoms with Gasteiger partial charge >= 0.3 is 0 Å². The summed E-state index contributed by atoms with van der Waals surface area (Å²) in [5.41, 5.74) is 2.51. The van der Waals surface area contributed by atoms with E-state index >= 15 is 0 Å². The lowest BCUT2D eigenvalue weighted by Gasteiger charge is -2.40. The predicted molar refractivity (Wildman–Crippen MR) is 232 cm³/mol. The smallest absolute Gasteiger partial charge is 0.220 e. The van der Waals surface area contributed by atoms with E-state index in [0.29, 0.717) is 12.8 Å². The highest BCUT2D eigenvalue weighted by atomic mass is 16.7. The van der Waals surface area contributed by atoms with Crippen molar-refractivity contribution in [3.8, 4) is 11.5 Å². The summed E-state index contributed by atoms with van der Waals surface area (Å²) in [4.78, 5) is 13.0. The molecule has 1 aliphatic heterocycles. The van der Waals surface area contributed by atoms with Crippen molar-refractivity contribution in [2.24, 2.45) is 0 Å². The molecule has 11 heteroatoms. The Balaban J connectivity index is 1.32. The second kappa shape index (κ2) is 30.4. The summed E-state index contributed by atoms with van der Waals surface area (Å²) in [5, 5.41) is 65.2. The van der Waals surface area contributed by atoms with E-state index in [2.05, 4.69) is 31.3 Å². The Bertz CT molecular complexity index is 1340. The van der Waals surface area contributed by atoms with Crippen LogP contribution in [0, 0.1) is 6.92 Å². The Labute approximate surface area is 354 Å². The van der Waals surface area contributed by atoms with Crippen LogP contribution in [-0.4, -0.2) is 98.7 Å². The van der Waals surface area contributed by atoms with Gasteiger partial charge in [0.25, 0.3) is 0 Å². The average Bonchev–Trinajstić information content (AvgIpc) is 3.24. The first kappa shape index (κ1) is 50.7. The quantitative estimate of drug-likeness (QED) is 0.0349. The van der Waals surface area contributed by atoms with Crippen LogP contribution in [-0.2, 0) is 20.7 Å². The summed E-state index contributed by atoms with van der Waals surface area (Å²) >= 11 is 0. The number of nitrogens with one attached hydrogen (secondary N) is 1. The van der Waals surface area contributed by atoms with Crippen LogP contribution in [0.4, 0.5) is 0 Å². The van der Waals surface area contributed by atoms with Crippen molar-refractivity contribution >= 4 is 5.91 Å². The molecule has 1 saturated heterocycles. The van der Waals surface area contributed by atoms with Crippen molar-refractivity contribution in [1.29, 1.82) is 0 Å². The largest absolute Gasteiger partial charge is 0.457 e. The molecule has 1 fully saturated rings. The Kier molecular flexibility index (Phi) is 26.2. The lowest BCUT2D eigenvalue weighted by molar-refractivity contribution is -0.303. The van der Waals surface area contributed by atoms with Gasteiger partial charge in [-0.25, -0.2) is 0 Å². The number of aliphatic hydroxyl groups is 6. The predicted octanol–water partition coefficient (Wildman–Crippen LogP) is 7.96. The number of aryl methyl sites for hydroxylation is 2. The molecule has 1 heterocycles. The molecular formula is C48H79NO10. The Morgan fingerprint density at radius 2 is 1.19 bits per heavy atom. The second-order valence-electron chi connectivity index (χ2n) is 16.8. The van der Waals surface area contributed by atoms with Crippen LogP contribution >= 0.6 is 0 Å². The minimum atomic E-state index is -1.62. The van der Waals surface area contributed by atoms with Gasteiger partial charge < -0.3 is 50.2 Å². The molecule has 1 aliphatic rings. The van der Waals surface area contributed by atoms with Crippen LogP contribution in [0.5, 0.6) is 11.5 Å². The first-order valence-corrected chi connectivity index (χ1v) is 23.0. The topological polar surface area (TPSA) is 178 Å². The summed E-state index contributed by atoms with van der Waals surface area (Å²) in [7, 11) is 0. The molecule has 0 bridgehead atoms. The number of benzene rings is 2. The zero-order valence-electron chi connectivity index (χ0n) is 36.2. The highest BCUT2D eigenvalue weighted by molar-refractivity contribution is 5.76. The Morgan fingerprint density at radius 3 is 1.75 bits per heavy atom. The van der Waals surface area contributed by atoms with Gasteiger partial charge in [0.05, 0.1) is 25.4 Å². The van der Waals surface area contributed by atoms with E-state index < -0.39 is 55.6 Å². The Hall–Kier alpha value is -2.61. The molecule has 8 atom stereocenters. The van der Waals surface area contributed by atoms with Crippen molar-refractivity contribution in [3.05, 3.63) is 59.7 Å². The monoisotopic (exact) mass is 830 g/mol. The zero-order chi connectivity index (χ0) is 42.7. The van der Waals surface area contributed by atoms with Crippen LogP contribution < -0.4 is 10.1 Å². The van der Waals surface area contributed by atoms with Crippen molar-refractivity contribution in [2.75, 3.05) is 13.2 Å². The van der Waals surface area contributed by atoms with Crippen LogP contribution in [0.1, 0.15) is 159 Å². The number of hydrogen-bond acceptors (Lipinski definition) is 10. The van der Waals surface area contributed by atoms with Gasteiger partial charge in [0.1, 0.15) is 42.0 Å². The van der Waals surface area contributed by atoms with Crippen molar-refractivity contribution in [1.82, 2.24) is 5.32 Å². The van der Waals surface area contributed by atoms with E-state index in [9.17, 15) is 35.4 Å². The van der Waals surface area contributed by atoms with Gasteiger partial charge in [0.2, 0.25) is 5.91 Å². The summed E-state index contributed by atoms with van der Waals surface area (Å²) in [6, 6.07) is 15.4. The van der Waals surface area contributed by atoms with Crippen LogP contribution in [0.2, 0.25) is 0 Å². The number of unbranched alkanes of at least 4 members (excludes halogenated alkanes) is 18. The minimum Gasteiger partial charge on any atom is -0.457 e. The molecule has 2 unspecified atom stereocenters. The van der Waals surface area contributed by atoms with E-state index in [0.717, 1.165) is 75.7 Å². The standard InChI is InChI=1S/C48H79NO10/c1-3-4-5-6-7-8-9-10-11-15-18-21-24-41(51)44(53)40(35-57-48-47(56)46(55)45(54)42(34-50)59-48)49-43(52)25-22-19-16-13-12-14-17-20-23-37-28-32-39(33-29-37)58-38-30-26-36(2)27-31-38/h26-33,40-42,44-48,50-51,53-56H,3-25,34-35H2,1-2H3,(H,49,52)/t40-,41+,42?,44-,45-,46?,47-,48-/m0/s1. The normalized spacial score (nSPS) is 20.9. The average molecular weight is 830 g/mol. The molecule has 0 radical (unpaired) electrons. The molecule has 7 N–H and O–H groups in total. The number of carbonyl (C=O) groups is 1. The molecule has 11 nitrogen and oxygen atoms in total. The molecule has 1 amide bonds. The highest BCUT2D eigenvalue weighted by Gasteiger charge is 2.44. The van der Waals surface area contributed by atoms with Crippen LogP contribution in [0.3, 0.4) is 0 Å².